The molecule has 4 nitrogen and oxygen atoms in total. The summed E-state index contributed by atoms with van der Waals surface area (Å²) in [4.78, 5) is 25.2. The molecule has 0 saturated carbocycles. The maximum atomic E-state index is 12.3. The molecule has 25 heavy (non-hydrogen) atoms. The SMILES string of the molecule is NC(=O)c1c(NC(=O)/C=C/c2c(Cl)cccc2Cl)sc2c1CCCC2. The third-order valence-electron chi connectivity index (χ3n) is 4.06. The van der Waals surface area contributed by atoms with Crippen LogP contribution in [0.3, 0.4) is 0 Å². The summed E-state index contributed by atoms with van der Waals surface area (Å²) in [5.41, 5.74) is 7.52. The van der Waals surface area contributed by atoms with Crippen LogP contribution < -0.4 is 11.1 Å². The topological polar surface area (TPSA) is 72.2 Å². The zero-order chi connectivity index (χ0) is 18.0. The van der Waals surface area contributed by atoms with Crippen molar-refractivity contribution in [2.75, 3.05) is 5.32 Å². The number of fused-ring (bicyclic) bond motifs is 1. The van der Waals surface area contributed by atoms with Crippen molar-refractivity contribution >= 4 is 57.4 Å². The van der Waals surface area contributed by atoms with Gasteiger partial charge in [-0.1, -0.05) is 29.3 Å². The van der Waals surface area contributed by atoms with Crippen molar-refractivity contribution in [1.29, 1.82) is 0 Å². The molecule has 0 radical (unpaired) electrons. The van der Waals surface area contributed by atoms with Gasteiger partial charge in [0, 0.05) is 26.6 Å². The van der Waals surface area contributed by atoms with E-state index < -0.39 is 5.91 Å². The summed E-state index contributed by atoms with van der Waals surface area (Å²) in [7, 11) is 0. The average molecular weight is 395 g/mol. The Hall–Kier alpha value is -1.82. The number of aryl methyl sites for hydroxylation is 1. The van der Waals surface area contributed by atoms with Gasteiger partial charge in [-0.15, -0.1) is 11.3 Å². The monoisotopic (exact) mass is 394 g/mol. The number of nitrogens with two attached hydrogens (primary N) is 1. The average Bonchev–Trinajstić information content (AvgIpc) is 2.92. The van der Waals surface area contributed by atoms with Crippen LogP contribution in [0.2, 0.25) is 10.0 Å². The summed E-state index contributed by atoms with van der Waals surface area (Å²) >= 11 is 13.6. The van der Waals surface area contributed by atoms with Gasteiger partial charge >= 0.3 is 0 Å². The Bertz CT molecular complexity index is 854. The van der Waals surface area contributed by atoms with E-state index >= 15 is 0 Å². The lowest BCUT2D eigenvalue weighted by molar-refractivity contribution is -0.111. The number of rotatable bonds is 4. The number of carbonyl (C=O) groups excluding carboxylic acids is 2. The molecule has 0 unspecified atom stereocenters. The molecule has 0 fully saturated rings. The van der Waals surface area contributed by atoms with Crippen LogP contribution in [0, 0.1) is 0 Å². The van der Waals surface area contributed by atoms with E-state index in [1.807, 2.05) is 0 Å². The normalized spacial score (nSPS) is 13.7. The molecular formula is C18H16Cl2N2O2S. The Labute approximate surface area is 159 Å². The van der Waals surface area contributed by atoms with Crippen molar-refractivity contribution in [1.82, 2.24) is 0 Å². The van der Waals surface area contributed by atoms with Gasteiger partial charge in [0.25, 0.3) is 5.91 Å². The first-order valence-electron chi connectivity index (χ1n) is 7.84. The molecule has 1 aromatic heterocycles. The molecule has 1 aliphatic rings. The molecule has 2 amide bonds. The Morgan fingerprint density at radius 2 is 1.84 bits per heavy atom. The Kier molecular flexibility index (Phi) is 5.47. The van der Waals surface area contributed by atoms with Gasteiger partial charge in [0.05, 0.1) is 5.56 Å². The highest BCUT2D eigenvalue weighted by molar-refractivity contribution is 7.17. The molecular weight excluding hydrogens is 379 g/mol. The molecule has 0 saturated heterocycles. The number of hydrogen-bond acceptors (Lipinski definition) is 3. The van der Waals surface area contributed by atoms with E-state index in [-0.39, 0.29) is 5.91 Å². The van der Waals surface area contributed by atoms with Crippen LogP contribution in [0.4, 0.5) is 5.00 Å². The van der Waals surface area contributed by atoms with E-state index in [1.165, 1.54) is 17.4 Å². The van der Waals surface area contributed by atoms with Gasteiger partial charge in [0.15, 0.2) is 0 Å². The molecule has 0 bridgehead atoms. The van der Waals surface area contributed by atoms with Gasteiger partial charge in [-0.2, -0.15) is 0 Å². The number of anilines is 1. The molecule has 0 spiro atoms. The second kappa shape index (κ2) is 7.60. The molecule has 3 N–H and O–H groups in total. The highest BCUT2D eigenvalue weighted by atomic mass is 35.5. The lowest BCUT2D eigenvalue weighted by atomic mass is 9.95. The molecule has 2 aromatic rings. The van der Waals surface area contributed by atoms with Crippen molar-refractivity contribution in [2.45, 2.75) is 25.7 Å². The largest absolute Gasteiger partial charge is 0.365 e. The summed E-state index contributed by atoms with van der Waals surface area (Å²) in [5, 5.41) is 4.20. The fourth-order valence-electron chi connectivity index (χ4n) is 2.90. The number of halogens is 2. The zero-order valence-electron chi connectivity index (χ0n) is 13.3. The summed E-state index contributed by atoms with van der Waals surface area (Å²) in [6, 6.07) is 5.13. The van der Waals surface area contributed by atoms with Gasteiger partial charge in [0.1, 0.15) is 5.00 Å². The van der Waals surface area contributed by atoms with E-state index in [4.69, 9.17) is 28.9 Å². The van der Waals surface area contributed by atoms with E-state index in [1.54, 1.807) is 24.3 Å². The number of carbonyl (C=O) groups is 2. The minimum atomic E-state index is -0.507. The molecule has 3 rings (SSSR count). The summed E-state index contributed by atoms with van der Waals surface area (Å²) < 4.78 is 0. The summed E-state index contributed by atoms with van der Waals surface area (Å²) in [6.07, 6.45) is 6.76. The fraction of sp³-hybridized carbons (Fsp3) is 0.222. The van der Waals surface area contributed by atoms with Gasteiger partial charge in [-0.05, 0) is 49.5 Å². The van der Waals surface area contributed by atoms with Gasteiger partial charge < -0.3 is 11.1 Å². The maximum absolute atomic E-state index is 12.3. The summed E-state index contributed by atoms with van der Waals surface area (Å²) in [6.45, 7) is 0. The Balaban J connectivity index is 1.83. The number of primary amides is 1. The van der Waals surface area contributed by atoms with Crippen molar-refractivity contribution in [2.24, 2.45) is 5.73 Å². The number of hydrogen-bond donors (Lipinski definition) is 2. The highest BCUT2D eigenvalue weighted by Crippen LogP contribution is 2.38. The predicted octanol–water partition coefficient (Wildman–Crippen LogP) is 4.68. The zero-order valence-corrected chi connectivity index (χ0v) is 15.6. The predicted molar refractivity (Wildman–Crippen MR) is 104 cm³/mol. The smallest absolute Gasteiger partial charge is 0.251 e. The molecule has 130 valence electrons. The molecule has 0 aliphatic heterocycles. The van der Waals surface area contributed by atoms with Crippen LogP contribution in [0.5, 0.6) is 0 Å². The first-order valence-corrected chi connectivity index (χ1v) is 9.42. The minimum absolute atomic E-state index is 0.364. The third kappa shape index (κ3) is 3.89. The first kappa shape index (κ1) is 18.0. The minimum Gasteiger partial charge on any atom is -0.365 e. The maximum Gasteiger partial charge on any atom is 0.251 e. The molecule has 1 heterocycles. The number of amides is 2. The second-order valence-electron chi connectivity index (χ2n) is 5.74. The fourth-order valence-corrected chi connectivity index (χ4v) is 4.72. The third-order valence-corrected chi connectivity index (χ3v) is 5.92. The van der Waals surface area contributed by atoms with E-state index in [9.17, 15) is 9.59 Å². The van der Waals surface area contributed by atoms with Gasteiger partial charge in [-0.25, -0.2) is 0 Å². The van der Waals surface area contributed by atoms with Crippen LogP contribution in [0.1, 0.15) is 39.2 Å². The standard InChI is InChI=1S/C18H16Cl2N2O2S/c19-12-5-3-6-13(20)10(12)8-9-15(23)22-18-16(17(21)24)11-4-1-2-7-14(11)25-18/h3,5-6,8-9H,1-2,4,7H2,(H2,21,24)(H,22,23)/b9-8+. The van der Waals surface area contributed by atoms with Crippen LogP contribution in [-0.4, -0.2) is 11.8 Å². The van der Waals surface area contributed by atoms with E-state index in [0.29, 0.717) is 26.2 Å². The second-order valence-corrected chi connectivity index (χ2v) is 7.66. The van der Waals surface area contributed by atoms with Crippen molar-refractivity contribution in [3.63, 3.8) is 0 Å². The van der Waals surface area contributed by atoms with Crippen molar-refractivity contribution < 1.29 is 9.59 Å². The Morgan fingerprint density at radius 3 is 2.52 bits per heavy atom. The number of benzene rings is 1. The quantitative estimate of drug-likeness (QED) is 0.738. The van der Waals surface area contributed by atoms with Gasteiger partial charge in [0.2, 0.25) is 5.91 Å². The Morgan fingerprint density at radius 1 is 1.16 bits per heavy atom. The molecule has 7 heteroatoms. The van der Waals surface area contributed by atoms with Crippen LogP contribution in [0.15, 0.2) is 24.3 Å². The van der Waals surface area contributed by atoms with Crippen molar-refractivity contribution in [3.05, 3.63) is 55.9 Å². The van der Waals surface area contributed by atoms with Crippen LogP contribution in [-0.2, 0) is 17.6 Å². The molecule has 1 aromatic carbocycles. The summed E-state index contributed by atoms with van der Waals surface area (Å²) in [5.74, 6) is -0.870. The lowest BCUT2D eigenvalue weighted by Gasteiger charge is -2.11. The van der Waals surface area contributed by atoms with E-state index in [2.05, 4.69) is 5.32 Å². The van der Waals surface area contributed by atoms with Gasteiger partial charge in [-0.3, -0.25) is 9.59 Å². The van der Waals surface area contributed by atoms with Crippen LogP contribution in [0.25, 0.3) is 6.08 Å². The highest BCUT2D eigenvalue weighted by Gasteiger charge is 2.24. The first-order chi connectivity index (χ1) is 12.0. The van der Waals surface area contributed by atoms with Crippen LogP contribution >= 0.6 is 34.5 Å². The number of thiophene rings is 1. The van der Waals surface area contributed by atoms with Crippen molar-refractivity contribution in [3.8, 4) is 0 Å². The lowest BCUT2D eigenvalue weighted by Crippen LogP contribution is -2.17. The molecule has 0 atom stereocenters. The van der Waals surface area contributed by atoms with E-state index in [0.717, 1.165) is 36.1 Å². The molecule has 1 aliphatic carbocycles. The number of nitrogens with one attached hydrogen (secondary N) is 1.